The van der Waals surface area contributed by atoms with Gasteiger partial charge in [0.15, 0.2) is 5.58 Å². The number of amides is 1. The van der Waals surface area contributed by atoms with Gasteiger partial charge >= 0.3 is 5.76 Å². The molecule has 1 saturated heterocycles. The number of fused-ring (bicyclic) bond motifs is 1. The lowest BCUT2D eigenvalue weighted by molar-refractivity contribution is -0.133. The molecule has 0 radical (unpaired) electrons. The van der Waals surface area contributed by atoms with Crippen LogP contribution in [0.25, 0.3) is 11.1 Å². The van der Waals surface area contributed by atoms with Gasteiger partial charge in [-0.05, 0) is 35.4 Å². The van der Waals surface area contributed by atoms with Gasteiger partial charge in [0.1, 0.15) is 6.54 Å². The number of rotatable bonds is 5. The summed E-state index contributed by atoms with van der Waals surface area (Å²) in [7, 11) is 0. The molecule has 0 saturated carbocycles. The van der Waals surface area contributed by atoms with Crippen LogP contribution in [0.5, 0.6) is 0 Å². The van der Waals surface area contributed by atoms with E-state index < -0.39 is 5.76 Å². The predicted molar refractivity (Wildman–Crippen MR) is 133 cm³/mol. The summed E-state index contributed by atoms with van der Waals surface area (Å²) < 4.78 is 6.62. The van der Waals surface area contributed by atoms with Gasteiger partial charge in [0.2, 0.25) is 5.91 Å². The lowest BCUT2D eigenvalue weighted by atomic mass is 9.96. The highest BCUT2D eigenvalue weighted by Crippen LogP contribution is 2.30. The summed E-state index contributed by atoms with van der Waals surface area (Å²) in [5, 5.41) is 1.18. The van der Waals surface area contributed by atoms with E-state index in [0.29, 0.717) is 47.3 Å². The molecule has 1 fully saturated rings. The van der Waals surface area contributed by atoms with Gasteiger partial charge in [0.05, 0.1) is 11.6 Å². The number of carbonyl (C=O) groups is 1. The first-order valence-electron chi connectivity index (χ1n) is 11.1. The topological polar surface area (TPSA) is 58.7 Å². The molecule has 2 heterocycles. The lowest BCUT2D eigenvalue weighted by Crippen LogP contribution is -2.50. The van der Waals surface area contributed by atoms with Crippen LogP contribution in [0.2, 0.25) is 10.0 Å². The van der Waals surface area contributed by atoms with Gasteiger partial charge in [0, 0.05) is 42.3 Å². The molecule has 3 aromatic carbocycles. The van der Waals surface area contributed by atoms with E-state index in [1.54, 1.807) is 18.2 Å². The fraction of sp³-hybridized carbons (Fsp3) is 0.231. The van der Waals surface area contributed by atoms with E-state index >= 15 is 0 Å². The summed E-state index contributed by atoms with van der Waals surface area (Å²) >= 11 is 12.1. The van der Waals surface area contributed by atoms with E-state index in [1.165, 1.54) is 10.1 Å². The quantitative estimate of drug-likeness (QED) is 0.397. The predicted octanol–water partition coefficient (Wildman–Crippen LogP) is 4.84. The number of hydrogen-bond donors (Lipinski definition) is 0. The van der Waals surface area contributed by atoms with Crippen molar-refractivity contribution in [2.75, 3.05) is 26.2 Å². The van der Waals surface area contributed by atoms with Crippen molar-refractivity contribution in [3.63, 3.8) is 0 Å². The first kappa shape index (κ1) is 22.7. The number of aromatic nitrogens is 1. The zero-order valence-corrected chi connectivity index (χ0v) is 19.9. The molecule has 0 N–H and O–H groups in total. The standard InChI is InChI=1S/C26H23Cl2N3O3/c27-20-8-6-19(7-9-20)25(18-4-2-1-3-5-18)30-14-12-29(13-15-30)24(32)17-31-22-11-10-21(28)16-23(22)34-26(31)33/h1-11,16,25H,12-15,17H2/t25-/m1/s1. The Kier molecular flexibility index (Phi) is 6.46. The minimum atomic E-state index is -0.559. The third-order valence-electron chi connectivity index (χ3n) is 6.26. The van der Waals surface area contributed by atoms with Crippen molar-refractivity contribution in [1.29, 1.82) is 0 Å². The van der Waals surface area contributed by atoms with Crippen LogP contribution >= 0.6 is 23.2 Å². The van der Waals surface area contributed by atoms with Crippen LogP contribution in [0.3, 0.4) is 0 Å². The highest BCUT2D eigenvalue weighted by molar-refractivity contribution is 6.31. The molecule has 8 heteroatoms. The van der Waals surface area contributed by atoms with Gasteiger partial charge < -0.3 is 9.32 Å². The fourth-order valence-electron chi connectivity index (χ4n) is 4.55. The molecule has 1 aliphatic rings. The second-order valence-corrected chi connectivity index (χ2v) is 9.22. The summed E-state index contributed by atoms with van der Waals surface area (Å²) in [6, 6.07) is 23.3. The van der Waals surface area contributed by atoms with Gasteiger partial charge in [-0.25, -0.2) is 4.79 Å². The molecular formula is C26H23Cl2N3O3. The van der Waals surface area contributed by atoms with Gasteiger partial charge in [-0.3, -0.25) is 14.3 Å². The Labute approximate surface area is 206 Å². The van der Waals surface area contributed by atoms with Crippen molar-refractivity contribution in [1.82, 2.24) is 14.4 Å². The van der Waals surface area contributed by atoms with Crippen molar-refractivity contribution >= 4 is 40.2 Å². The number of hydrogen-bond acceptors (Lipinski definition) is 4. The number of oxazole rings is 1. The Bertz CT molecular complexity index is 1360. The molecular weight excluding hydrogens is 473 g/mol. The second kappa shape index (κ2) is 9.66. The van der Waals surface area contributed by atoms with Gasteiger partial charge in [0.25, 0.3) is 0 Å². The normalized spacial score (nSPS) is 15.5. The zero-order chi connectivity index (χ0) is 23.7. The number of piperazine rings is 1. The number of benzene rings is 3. The Morgan fingerprint density at radius 1 is 0.853 bits per heavy atom. The minimum Gasteiger partial charge on any atom is -0.408 e. The first-order chi connectivity index (χ1) is 16.5. The number of nitrogens with zero attached hydrogens (tertiary/aromatic N) is 3. The Morgan fingerprint density at radius 3 is 2.21 bits per heavy atom. The summed E-state index contributed by atoms with van der Waals surface area (Å²) in [6.45, 7) is 2.51. The molecule has 5 rings (SSSR count). The molecule has 4 aromatic rings. The number of carbonyl (C=O) groups excluding carboxylic acids is 1. The summed E-state index contributed by atoms with van der Waals surface area (Å²) in [4.78, 5) is 29.5. The van der Waals surface area contributed by atoms with Crippen LogP contribution in [-0.4, -0.2) is 46.5 Å². The Hall–Kier alpha value is -3.06. The molecule has 0 bridgehead atoms. The zero-order valence-electron chi connectivity index (χ0n) is 18.4. The van der Waals surface area contributed by atoms with Crippen LogP contribution in [-0.2, 0) is 11.3 Å². The first-order valence-corrected chi connectivity index (χ1v) is 11.9. The SMILES string of the molecule is O=C(Cn1c(=O)oc2cc(Cl)ccc21)N1CCN([C@H](c2ccccc2)c2ccc(Cl)cc2)CC1. The molecule has 0 aliphatic carbocycles. The highest BCUT2D eigenvalue weighted by atomic mass is 35.5. The van der Waals surface area contributed by atoms with E-state index in [0.717, 1.165) is 5.56 Å². The average molecular weight is 496 g/mol. The maximum atomic E-state index is 13.0. The van der Waals surface area contributed by atoms with E-state index in [-0.39, 0.29) is 18.5 Å². The smallest absolute Gasteiger partial charge is 0.408 e. The molecule has 1 amide bonds. The molecule has 0 unspecified atom stereocenters. The van der Waals surface area contributed by atoms with Crippen LogP contribution in [0, 0.1) is 0 Å². The highest BCUT2D eigenvalue weighted by Gasteiger charge is 2.28. The Balaban J connectivity index is 1.31. The van der Waals surface area contributed by atoms with E-state index in [1.807, 2.05) is 35.2 Å². The van der Waals surface area contributed by atoms with Crippen LogP contribution in [0.1, 0.15) is 17.2 Å². The summed E-state index contributed by atoms with van der Waals surface area (Å²) in [5.41, 5.74) is 3.29. The maximum absolute atomic E-state index is 13.0. The molecule has 1 atom stereocenters. The third kappa shape index (κ3) is 4.62. The molecule has 6 nitrogen and oxygen atoms in total. The minimum absolute atomic E-state index is 0.0627. The van der Waals surface area contributed by atoms with Gasteiger partial charge in [-0.1, -0.05) is 65.7 Å². The van der Waals surface area contributed by atoms with Crippen molar-refractivity contribution in [3.05, 3.63) is 105 Å². The van der Waals surface area contributed by atoms with Crippen molar-refractivity contribution in [2.45, 2.75) is 12.6 Å². The molecule has 174 valence electrons. The van der Waals surface area contributed by atoms with E-state index in [2.05, 4.69) is 29.2 Å². The third-order valence-corrected chi connectivity index (χ3v) is 6.74. The lowest BCUT2D eigenvalue weighted by Gasteiger charge is -2.39. The number of halogens is 2. The van der Waals surface area contributed by atoms with Gasteiger partial charge in [-0.2, -0.15) is 0 Å². The average Bonchev–Trinajstić information content (AvgIpc) is 3.15. The van der Waals surface area contributed by atoms with Crippen molar-refractivity contribution in [2.24, 2.45) is 0 Å². The van der Waals surface area contributed by atoms with Crippen molar-refractivity contribution in [3.8, 4) is 0 Å². The van der Waals surface area contributed by atoms with Crippen LogP contribution in [0.4, 0.5) is 0 Å². The summed E-state index contributed by atoms with van der Waals surface area (Å²) in [5.74, 6) is -0.668. The van der Waals surface area contributed by atoms with E-state index in [9.17, 15) is 9.59 Å². The molecule has 0 spiro atoms. The fourth-order valence-corrected chi connectivity index (χ4v) is 4.84. The molecule has 34 heavy (non-hydrogen) atoms. The largest absolute Gasteiger partial charge is 0.420 e. The molecule has 1 aliphatic heterocycles. The summed E-state index contributed by atoms with van der Waals surface area (Å²) in [6.07, 6.45) is 0. The van der Waals surface area contributed by atoms with Crippen molar-refractivity contribution < 1.29 is 9.21 Å². The van der Waals surface area contributed by atoms with Gasteiger partial charge in [-0.15, -0.1) is 0 Å². The molecule has 1 aromatic heterocycles. The monoisotopic (exact) mass is 495 g/mol. The van der Waals surface area contributed by atoms with Crippen LogP contribution < -0.4 is 5.76 Å². The van der Waals surface area contributed by atoms with E-state index in [4.69, 9.17) is 27.6 Å². The van der Waals surface area contributed by atoms with Crippen LogP contribution in [0.15, 0.2) is 82.0 Å². The second-order valence-electron chi connectivity index (χ2n) is 8.35. The Morgan fingerprint density at radius 2 is 1.50 bits per heavy atom. The maximum Gasteiger partial charge on any atom is 0.420 e.